The molecular formula is C13H26N2. The molecule has 1 saturated heterocycles. The molecule has 15 heavy (non-hydrogen) atoms. The largest absolute Gasteiger partial charge is 0.310 e. The summed E-state index contributed by atoms with van der Waals surface area (Å²) in [4.78, 5) is 2.44. The molecular weight excluding hydrogens is 184 g/mol. The Bertz CT molecular complexity index is 213. The van der Waals surface area contributed by atoms with Gasteiger partial charge >= 0.3 is 0 Å². The van der Waals surface area contributed by atoms with Crippen molar-refractivity contribution < 1.29 is 0 Å². The predicted molar refractivity (Wildman–Crippen MR) is 65.1 cm³/mol. The lowest BCUT2D eigenvalue weighted by atomic mass is 9.75. The Morgan fingerprint density at radius 3 is 2.60 bits per heavy atom. The van der Waals surface area contributed by atoms with Crippen LogP contribution >= 0.6 is 0 Å². The highest BCUT2D eigenvalue weighted by Crippen LogP contribution is 2.35. The molecule has 2 nitrogen and oxygen atoms in total. The molecule has 1 heterocycles. The van der Waals surface area contributed by atoms with Crippen LogP contribution < -0.4 is 5.32 Å². The molecule has 88 valence electrons. The molecule has 0 spiro atoms. The molecule has 2 atom stereocenters. The van der Waals surface area contributed by atoms with Crippen LogP contribution in [-0.4, -0.2) is 37.1 Å². The van der Waals surface area contributed by atoms with Crippen LogP contribution in [0, 0.1) is 5.41 Å². The summed E-state index contributed by atoms with van der Waals surface area (Å²) in [6, 6.07) is 1.54. The smallest absolute Gasteiger partial charge is 0.0209 e. The second kappa shape index (κ2) is 4.42. The van der Waals surface area contributed by atoms with E-state index in [1.807, 2.05) is 0 Å². The Morgan fingerprint density at radius 1 is 1.20 bits per heavy atom. The molecule has 0 amide bonds. The summed E-state index contributed by atoms with van der Waals surface area (Å²) >= 11 is 0. The number of nitrogens with one attached hydrogen (secondary N) is 1. The van der Waals surface area contributed by atoms with Gasteiger partial charge in [0, 0.05) is 18.6 Å². The van der Waals surface area contributed by atoms with Gasteiger partial charge in [-0.25, -0.2) is 0 Å². The number of hydrogen-bond donors (Lipinski definition) is 1. The van der Waals surface area contributed by atoms with Gasteiger partial charge in [0.05, 0.1) is 0 Å². The van der Waals surface area contributed by atoms with E-state index in [-0.39, 0.29) is 0 Å². The van der Waals surface area contributed by atoms with Crippen LogP contribution in [0.1, 0.15) is 46.0 Å². The first-order chi connectivity index (χ1) is 7.05. The van der Waals surface area contributed by atoms with Crippen molar-refractivity contribution in [3.63, 3.8) is 0 Å². The van der Waals surface area contributed by atoms with Crippen LogP contribution in [0.3, 0.4) is 0 Å². The van der Waals surface area contributed by atoms with Gasteiger partial charge in [0.25, 0.3) is 0 Å². The van der Waals surface area contributed by atoms with E-state index >= 15 is 0 Å². The summed E-state index contributed by atoms with van der Waals surface area (Å²) in [7, 11) is 2.23. The Kier molecular flexibility index (Phi) is 3.36. The van der Waals surface area contributed by atoms with Crippen LogP contribution in [0.2, 0.25) is 0 Å². The van der Waals surface area contributed by atoms with Crippen LogP contribution in [0.25, 0.3) is 0 Å². The maximum absolute atomic E-state index is 3.86. The van der Waals surface area contributed by atoms with Gasteiger partial charge in [0.2, 0.25) is 0 Å². The molecule has 0 aromatic rings. The average molecular weight is 210 g/mol. The van der Waals surface area contributed by atoms with Crippen molar-refractivity contribution in [3.05, 3.63) is 0 Å². The van der Waals surface area contributed by atoms with Gasteiger partial charge in [-0.05, 0) is 44.7 Å². The molecule has 2 fully saturated rings. The monoisotopic (exact) mass is 210 g/mol. The van der Waals surface area contributed by atoms with Crippen molar-refractivity contribution in [2.45, 2.75) is 58.0 Å². The third-order valence-corrected chi connectivity index (χ3v) is 4.07. The van der Waals surface area contributed by atoms with Gasteiger partial charge in [-0.15, -0.1) is 0 Å². The fourth-order valence-corrected chi connectivity index (χ4v) is 3.24. The molecule has 1 aliphatic carbocycles. The highest BCUT2D eigenvalue weighted by atomic mass is 15.2. The van der Waals surface area contributed by atoms with Crippen LogP contribution in [0.5, 0.6) is 0 Å². The zero-order valence-corrected chi connectivity index (χ0v) is 10.6. The summed E-state index contributed by atoms with van der Waals surface area (Å²) in [5, 5.41) is 3.86. The predicted octanol–water partition coefficient (Wildman–Crippen LogP) is 2.25. The van der Waals surface area contributed by atoms with E-state index in [0.29, 0.717) is 5.41 Å². The fraction of sp³-hybridized carbons (Fsp3) is 1.00. The van der Waals surface area contributed by atoms with Crippen molar-refractivity contribution in [1.29, 1.82) is 0 Å². The third kappa shape index (κ3) is 3.18. The number of nitrogens with zero attached hydrogens (tertiary/aromatic N) is 1. The molecule has 0 radical (unpaired) electrons. The van der Waals surface area contributed by atoms with E-state index < -0.39 is 0 Å². The van der Waals surface area contributed by atoms with Crippen molar-refractivity contribution >= 4 is 0 Å². The van der Waals surface area contributed by atoms with Crippen molar-refractivity contribution in [3.8, 4) is 0 Å². The molecule has 1 aliphatic heterocycles. The number of rotatable bonds is 2. The van der Waals surface area contributed by atoms with E-state index in [4.69, 9.17) is 0 Å². The van der Waals surface area contributed by atoms with E-state index in [9.17, 15) is 0 Å². The number of likely N-dealkylation sites (tertiary alicyclic amines) is 1. The quantitative estimate of drug-likeness (QED) is 0.752. The average Bonchev–Trinajstić information content (AvgIpc) is 2.49. The Balaban J connectivity index is 1.79. The van der Waals surface area contributed by atoms with E-state index in [2.05, 4.69) is 31.1 Å². The van der Waals surface area contributed by atoms with Crippen LogP contribution in [0.4, 0.5) is 0 Å². The lowest BCUT2D eigenvalue weighted by molar-refractivity contribution is 0.189. The zero-order chi connectivity index (χ0) is 10.9. The molecule has 2 heteroatoms. The molecule has 2 rings (SSSR count). The highest BCUT2D eigenvalue weighted by Gasteiger charge is 2.30. The summed E-state index contributed by atoms with van der Waals surface area (Å²) in [5.74, 6) is 0. The minimum absolute atomic E-state index is 0.570. The fourth-order valence-electron chi connectivity index (χ4n) is 3.24. The topological polar surface area (TPSA) is 15.3 Å². The number of hydrogen-bond acceptors (Lipinski definition) is 2. The zero-order valence-electron chi connectivity index (χ0n) is 10.6. The van der Waals surface area contributed by atoms with E-state index in [1.54, 1.807) is 0 Å². The maximum atomic E-state index is 3.86. The van der Waals surface area contributed by atoms with E-state index in [0.717, 1.165) is 12.1 Å². The Hall–Kier alpha value is -0.0800. The summed E-state index contributed by atoms with van der Waals surface area (Å²) < 4.78 is 0. The summed E-state index contributed by atoms with van der Waals surface area (Å²) in [6.45, 7) is 7.36. The Morgan fingerprint density at radius 2 is 2.00 bits per heavy atom. The number of likely N-dealkylation sites (N-methyl/N-ethyl adjacent to an activating group) is 1. The molecule has 2 unspecified atom stereocenters. The molecule has 1 N–H and O–H groups in total. The molecule has 0 aromatic heterocycles. The molecule has 0 bridgehead atoms. The minimum Gasteiger partial charge on any atom is -0.310 e. The lowest BCUT2D eigenvalue weighted by Gasteiger charge is -2.37. The minimum atomic E-state index is 0.570. The maximum Gasteiger partial charge on any atom is 0.0209 e. The summed E-state index contributed by atoms with van der Waals surface area (Å²) in [6.07, 6.45) is 6.92. The lowest BCUT2D eigenvalue weighted by Crippen LogP contribution is -2.43. The first-order valence-corrected chi connectivity index (χ1v) is 6.50. The van der Waals surface area contributed by atoms with E-state index in [1.165, 1.54) is 45.2 Å². The highest BCUT2D eigenvalue weighted by molar-refractivity contribution is 4.88. The first kappa shape index (κ1) is 11.4. The standard InChI is InChI=1S/C13H26N2/c1-13(2)7-4-5-11(9-13)14-12-6-8-15(3)10-12/h11-12,14H,4-10H2,1-3H3. The first-order valence-electron chi connectivity index (χ1n) is 6.50. The van der Waals surface area contributed by atoms with Crippen molar-refractivity contribution in [2.75, 3.05) is 20.1 Å². The van der Waals surface area contributed by atoms with Gasteiger partial charge in [0.15, 0.2) is 0 Å². The van der Waals surface area contributed by atoms with Gasteiger partial charge in [-0.1, -0.05) is 20.3 Å². The second-order valence-corrected chi connectivity index (χ2v) is 6.37. The van der Waals surface area contributed by atoms with Crippen LogP contribution in [-0.2, 0) is 0 Å². The van der Waals surface area contributed by atoms with Gasteiger partial charge < -0.3 is 10.2 Å². The van der Waals surface area contributed by atoms with Crippen molar-refractivity contribution in [1.82, 2.24) is 10.2 Å². The molecule has 0 aromatic carbocycles. The molecule has 1 saturated carbocycles. The molecule has 2 aliphatic rings. The SMILES string of the molecule is CN1CCC(NC2CCCC(C)(C)C2)C1. The second-order valence-electron chi connectivity index (χ2n) is 6.37. The van der Waals surface area contributed by atoms with Crippen molar-refractivity contribution in [2.24, 2.45) is 5.41 Å². The van der Waals surface area contributed by atoms with Crippen LogP contribution in [0.15, 0.2) is 0 Å². The normalized spacial score (nSPS) is 37.0. The summed E-state index contributed by atoms with van der Waals surface area (Å²) in [5.41, 5.74) is 0.570. The van der Waals surface area contributed by atoms with Gasteiger partial charge in [-0.3, -0.25) is 0 Å². The Labute approximate surface area is 94.4 Å². The van der Waals surface area contributed by atoms with Gasteiger partial charge in [0.1, 0.15) is 0 Å². The third-order valence-electron chi connectivity index (χ3n) is 4.07. The van der Waals surface area contributed by atoms with Gasteiger partial charge in [-0.2, -0.15) is 0 Å².